The highest BCUT2D eigenvalue weighted by Gasteiger charge is 2.15. The van der Waals surface area contributed by atoms with Gasteiger partial charge in [0.1, 0.15) is 0 Å². The second-order valence-electron chi connectivity index (χ2n) is 3.46. The number of nitro groups is 1. The molecule has 0 fully saturated rings. The fourth-order valence-corrected chi connectivity index (χ4v) is 1.53. The van der Waals surface area contributed by atoms with Gasteiger partial charge in [-0.2, -0.15) is 0 Å². The number of hydrogen-bond donors (Lipinski definition) is 3. The first-order chi connectivity index (χ1) is 9.08. The van der Waals surface area contributed by atoms with E-state index in [4.69, 9.17) is 17.0 Å². The highest BCUT2D eigenvalue weighted by Crippen LogP contribution is 2.26. The topological polar surface area (TPSA) is 90.4 Å². The number of rotatable bonds is 5. The van der Waals surface area contributed by atoms with Crippen molar-refractivity contribution in [2.75, 3.05) is 13.7 Å². The zero-order valence-corrected chi connectivity index (χ0v) is 11.4. The van der Waals surface area contributed by atoms with Crippen molar-refractivity contribution < 1.29 is 14.8 Å². The van der Waals surface area contributed by atoms with Crippen LogP contribution in [0.2, 0.25) is 0 Å². The van der Waals surface area contributed by atoms with Gasteiger partial charge in [0.25, 0.3) is 0 Å². The fraction of sp³-hybridized carbons (Fsp3) is 0.273. The van der Waals surface area contributed by atoms with Gasteiger partial charge in [0.15, 0.2) is 12.0 Å². The normalized spacial score (nSPS) is 10.2. The Morgan fingerprint density at radius 1 is 1.63 bits per heavy atom. The van der Waals surface area contributed by atoms with Gasteiger partial charge in [-0.25, -0.2) is 0 Å². The van der Waals surface area contributed by atoms with E-state index in [1.54, 1.807) is 12.3 Å². The van der Waals surface area contributed by atoms with Crippen LogP contribution >= 0.6 is 12.2 Å². The van der Waals surface area contributed by atoms with Crippen LogP contribution in [-0.4, -0.2) is 29.9 Å². The van der Waals surface area contributed by atoms with Gasteiger partial charge in [-0.3, -0.25) is 10.1 Å². The van der Waals surface area contributed by atoms with Crippen LogP contribution in [-0.2, 0) is 0 Å². The van der Waals surface area contributed by atoms with Crippen LogP contribution in [0.4, 0.5) is 5.69 Å². The van der Waals surface area contributed by atoms with Gasteiger partial charge in [-0.1, -0.05) is 0 Å². The standard InChI is InChI=1S/C11H14N4O3S/c1-3-12-11(19)14-13-7-8-4-5-10(18-2)9(6-8)15(16)17/h4-7H,3H2,1-2H3,(H2,12,14,19)/p+1. The van der Waals surface area contributed by atoms with Crippen molar-refractivity contribution in [3.05, 3.63) is 33.9 Å². The van der Waals surface area contributed by atoms with Gasteiger partial charge in [0.2, 0.25) is 5.11 Å². The average molecular weight is 283 g/mol. The van der Waals surface area contributed by atoms with Crippen molar-refractivity contribution in [3.63, 3.8) is 0 Å². The maximum atomic E-state index is 10.8. The molecule has 0 aromatic heterocycles. The summed E-state index contributed by atoms with van der Waals surface area (Å²) >= 11 is 4.94. The molecule has 0 amide bonds. The summed E-state index contributed by atoms with van der Waals surface area (Å²) in [6.07, 6.45) is 1.57. The maximum Gasteiger partial charge on any atom is 0.311 e. The molecule has 0 unspecified atom stereocenters. The molecule has 7 nitrogen and oxygen atoms in total. The van der Waals surface area contributed by atoms with Crippen LogP contribution in [0.1, 0.15) is 12.5 Å². The first-order valence-electron chi connectivity index (χ1n) is 5.53. The number of hydrogen-bond acceptors (Lipinski definition) is 4. The monoisotopic (exact) mass is 283 g/mol. The zero-order chi connectivity index (χ0) is 14.3. The van der Waals surface area contributed by atoms with Crippen molar-refractivity contribution >= 4 is 29.2 Å². The molecule has 1 rings (SSSR count). The summed E-state index contributed by atoms with van der Waals surface area (Å²) < 4.78 is 4.91. The molecule has 0 heterocycles. The molecule has 8 heteroatoms. The third kappa shape index (κ3) is 4.51. The third-order valence-electron chi connectivity index (χ3n) is 2.16. The van der Waals surface area contributed by atoms with E-state index in [0.717, 1.165) is 0 Å². The van der Waals surface area contributed by atoms with E-state index in [1.165, 1.54) is 19.2 Å². The molecule has 0 aliphatic heterocycles. The lowest BCUT2D eigenvalue weighted by molar-refractivity contribution is -0.500. The number of thiocarbonyl (C=S) groups is 1. The summed E-state index contributed by atoms with van der Waals surface area (Å²) in [7, 11) is 1.39. The van der Waals surface area contributed by atoms with Crippen molar-refractivity contribution in [1.82, 2.24) is 10.7 Å². The molecule has 3 N–H and O–H groups in total. The minimum Gasteiger partial charge on any atom is -0.490 e. The van der Waals surface area contributed by atoms with Crippen molar-refractivity contribution in [2.24, 2.45) is 0 Å². The van der Waals surface area contributed by atoms with E-state index in [9.17, 15) is 10.1 Å². The quantitative estimate of drug-likeness (QED) is 0.292. The number of nitrogens with zero attached hydrogens (tertiary/aromatic N) is 1. The van der Waals surface area contributed by atoms with Crippen molar-refractivity contribution in [1.29, 1.82) is 0 Å². The first kappa shape index (κ1) is 14.8. The summed E-state index contributed by atoms with van der Waals surface area (Å²) in [6, 6.07) is 4.63. The lowest BCUT2D eigenvalue weighted by Gasteiger charge is -2.01. The molecule has 0 saturated carbocycles. The SMILES string of the molecule is CCNC(=S)N[NH+]=Cc1ccc(OC)c([N+](=O)[O-])c1. The first-order valence-corrected chi connectivity index (χ1v) is 5.94. The molecule has 0 saturated heterocycles. The smallest absolute Gasteiger partial charge is 0.311 e. The van der Waals surface area contributed by atoms with Crippen LogP contribution < -0.4 is 20.6 Å². The molecule has 102 valence electrons. The predicted molar refractivity (Wildman–Crippen MR) is 75.2 cm³/mol. The Morgan fingerprint density at radius 2 is 2.37 bits per heavy atom. The van der Waals surface area contributed by atoms with Gasteiger partial charge >= 0.3 is 5.69 Å². The van der Waals surface area contributed by atoms with Crippen LogP contribution in [0.5, 0.6) is 5.75 Å². The highest BCUT2D eigenvalue weighted by atomic mass is 32.1. The minimum atomic E-state index is -0.493. The summed E-state index contributed by atoms with van der Waals surface area (Å²) in [5.41, 5.74) is 3.26. The van der Waals surface area contributed by atoms with Crippen molar-refractivity contribution in [3.8, 4) is 5.75 Å². The van der Waals surface area contributed by atoms with E-state index in [-0.39, 0.29) is 11.4 Å². The largest absolute Gasteiger partial charge is 0.490 e. The summed E-state index contributed by atoms with van der Waals surface area (Å²) in [4.78, 5) is 10.4. The van der Waals surface area contributed by atoms with E-state index >= 15 is 0 Å². The third-order valence-corrected chi connectivity index (χ3v) is 2.41. The van der Waals surface area contributed by atoms with Gasteiger partial charge in [0, 0.05) is 18.2 Å². The molecule has 0 atom stereocenters. The number of hydrazine groups is 1. The summed E-state index contributed by atoms with van der Waals surface area (Å²) in [6.45, 7) is 2.63. The molecule has 1 aromatic carbocycles. The van der Waals surface area contributed by atoms with Crippen molar-refractivity contribution in [2.45, 2.75) is 6.92 Å². The van der Waals surface area contributed by atoms with Crippen LogP contribution in [0.3, 0.4) is 0 Å². The average Bonchev–Trinajstić information content (AvgIpc) is 2.38. The number of hydrazone groups is 1. The van der Waals surface area contributed by atoms with Gasteiger partial charge < -0.3 is 10.1 Å². The van der Waals surface area contributed by atoms with E-state index in [0.29, 0.717) is 17.2 Å². The second kappa shape index (κ2) is 7.27. The summed E-state index contributed by atoms with van der Waals surface area (Å²) in [5, 5.41) is 16.9. The Kier molecular flexibility index (Phi) is 5.68. The van der Waals surface area contributed by atoms with E-state index in [1.807, 2.05) is 6.92 Å². The number of nitro benzene ring substituents is 1. The predicted octanol–water partition coefficient (Wildman–Crippen LogP) is -0.498. The van der Waals surface area contributed by atoms with Crippen LogP contribution in [0, 0.1) is 10.1 Å². The molecule has 1 aromatic rings. The van der Waals surface area contributed by atoms with Gasteiger partial charge in [0.05, 0.1) is 12.0 Å². The number of methoxy groups -OCH3 is 1. The highest BCUT2D eigenvalue weighted by molar-refractivity contribution is 7.80. The number of nitrogens with one attached hydrogen (secondary N) is 3. The lowest BCUT2D eigenvalue weighted by atomic mass is 10.2. The Balaban J connectivity index is 2.79. The molecule has 0 bridgehead atoms. The Morgan fingerprint density at radius 3 is 2.95 bits per heavy atom. The molecule has 0 radical (unpaired) electrons. The second-order valence-corrected chi connectivity index (χ2v) is 3.87. The lowest BCUT2D eigenvalue weighted by Crippen LogP contribution is -2.82. The zero-order valence-electron chi connectivity index (χ0n) is 10.6. The molecule has 0 spiro atoms. The van der Waals surface area contributed by atoms with E-state index in [2.05, 4.69) is 15.8 Å². The number of benzene rings is 1. The van der Waals surface area contributed by atoms with Crippen LogP contribution in [0.25, 0.3) is 0 Å². The number of ether oxygens (including phenoxy) is 1. The molecular formula is C11H15N4O3S+. The molecule has 0 aliphatic carbocycles. The maximum absolute atomic E-state index is 10.8. The molecule has 19 heavy (non-hydrogen) atoms. The Bertz CT molecular complexity index is 505. The van der Waals surface area contributed by atoms with Gasteiger partial charge in [-0.05, 0) is 31.3 Å². The minimum absolute atomic E-state index is 0.0905. The Hall–Kier alpha value is -2.22. The summed E-state index contributed by atoms with van der Waals surface area (Å²) in [5.74, 6) is 0.221. The van der Waals surface area contributed by atoms with E-state index < -0.39 is 4.92 Å². The fourth-order valence-electron chi connectivity index (χ4n) is 1.33. The van der Waals surface area contributed by atoms with Crippen LogP contribution in [0.15, 0.2) is 18.2 Å². The Labute approximate surface area is 115 Å². The van der Waals surface area contributed by atoms with Gasteiger partial charge in [-0.15, -0.1) is 10.5 Å². The molecule has 0 aliphatic rings. The molecular weight excluding hydrogens is 268 g/mol.